The molecule has 0 aliphatic heterocycles. The van der Waals surface area contributed by atoms with Gasteiger partial charge in [0.2, 0.25) is 0 Å². The third-order valence-electron chi connectivity index (χ3n) is 3.20. The minimum absolute atomic E-state index is 0.130. The smallest absolute Gasteiger partial charge is 0.287 e. The Labute approximate surface area is 99.0 Å². The summed E-state index contributed by atoms with van der Waals surface area (Å²) >= 11 is 0. The zero-order valence-corrected chi connectivity index (χ0v) is 9.48. The lowest BCUT2D eigenvalue weighted by Crippen LogP contribution is -2.32. The number of pyridine rings is 1. The first-order chi connectivity index (χ1) is 8.33. The van der Waals surface area contributed by atoms with E-state index in [4.69, 9.17) is 4.42 Å². The first-order valence-corrected chi connectivity index (χ1v) is 5.98. The SMILES string of the molecule is O=C(NC1CCCC1)c1cc2ncccc2o1. The second-order valence-electron chi connectivity index (χ2n) is 4.45. The number of carbonyl (C=O) groups excluding carboxylic acids is 1. The number of carbonyl (C=O) groups is 1. The van der Waals surface area contributed by atoms with E-state index in [1.165, 1.54) is 12.8 Å². The maximum atomic E-state index is 11.9. The zero-order valence-electron chi connectivity index (χ0n) is 9.48. The van der Waals surface area contributed by atoms with Crippen LogP contribution in [0.25, 0.3) is 11.1 Å². The van der Waals surface area contributed by atoms with E-state index in [1.807, 2.05) is 6.07 Å². The minimum atomic E-state index is -0.130. The number of nitrogens with one attached hydrogen (secondary N) is 1. The molecule has 0 radical (unpaired) electrons. The molecule has 88 valence electrons. The van der Waals surface area contributed by atoms with Gasteiger partial charge in [0.15, 0.2) is 11.3 Å². The number of amides is 1. The predicted octanol–water partition coefficient (Wildman–Crippen LogP) is 2.50. The molecule has 1 amide bonds. The Hall–Kier alpha value is -1.84. The molecule has 0 spiro atoms. The van der Waals surface area contributed by atoms with Crippen molar-refractivity contribution in [1.82, 2.24) is 10.3 Å². The number of furan rings is 1. The molecule has 3 rings (SSSR count). The third-order valence-corrected chi connectivity index (χ3v) is 3.20. The predicted molar refractivity (Wildman–Crippen MR) is 63.7 cm³/mol. The highest BCUT2D eigenvalue weighted by Gasteiger charge is 2.20. The van der Waals surface area contributed by atoms with E-state index in [1.54, 1.807) is 18.3 Å². The summed E-state index contributed by atoms with van der Waals surface area (Å²) in [5, 5.41) is 3.00. The monoisotopic (exact) mass is 230 g/mol. The van der Waals surface area contributed by atoms with Crippen molar-refractivity contribution >= 4 is 17.0 Å². The molecule has 0 saturated heterocycles. The van der Waals surface area contributed by atoms with Crippen LogP contribution in [-0.4, -0.2) is 16.9 Å². The van der Waals surface area contributed by atoms with Crippen LogP contribution in [0.4, 0.5) is 0 Å². The van der Waals surface area contributed by atoms with Crippen LogP contribution in [-0.2, 0) is 0 Å². The Kier molecular flexibility index (Phi) is 2.55. The topological polar surface area (TPSA) is 55.1 Å². The number of rotatable bonds is 2. The first kappa shape index (κ1) is 10.3. The summed E-state index contributed by atoms with van der Waals surface area (Å²) in [5.41, 5.74) is 1.38. The summed E-state index contributed by atoms with van der Waals surface area (Å²) in [7, 11) is 0. The van der Waals surface area contributed by atoms with E-state index >= 15 is 0 Å². The van der Waals surface area contributed by atoms with E-state index in [2.05, 4.69) is 10.3 Å². The highest BCUT2D eigenvalue weighted by Crippen LogP contribution is 2.20. The Bertz CT molecular complexity index is 508. The Morgan fingerprint density at radius 3 is 3.00 bits per heavy atom. The summed E-state index contributed by atoms with van der Waals surface area (Å²) in [4.78, 5) is 16.1. The molecule has 4 heteroatoms. The van der Waals surface area contributed by atoms with Gasteiger partial charge in [-0.1, -0.05) is 12.8 Å². The number of aromatic nitrogens is 1. The van der Waals surface area contributed by atoms with Crippen LogP contribution >= 0.6 is 0 Å². The number of hydrogen-bond donors (Lipinski definition) is 1. The zero-order chi connectivity index (χ0) is 11.7. The minimum Gasteiger partial charge on any atom is -0.449 e. The fraction of sp³-hybridized carbons (Fsp3) is 0.385. The van der Waals surface area contributed by atoms with Gasteiger partial charge in [-0.15, -0.1) is 0 Å². The Morgan fingerprint density at radius 2 is 2.24 bits per heavy atom. The van der Waals surface area contributed by atoms with E-state index in [0.29, 0.717) is 17.4 Å². The van der Waals surface area contributed by atoms with Gasteiger partial charge in [0.1, 0.15) is 5.52 Å². The van der Waals surface area contributed by atoms with Crippen LogP contribution < -0.4 is 5.32 Å². The van der Waals surface area contributed by atoms with Gasteiger partial charge >= 0.3 is 0 Å². The van der Waals surface area contributed by atoms with Crippen molar-refractivity contribution in [3.8, 4) is 0 Å². The second-order valence-corrected chi connectivity index (χ2v) is 4.45. The molecule has 1 N–H and O–H groups in total. The van der Waals surface area contributed by atoms with Gasteiger partial charge in [-0.25, -0.2) is 0 Å². The molecule has 0 aromatic carbocycles. The largest absolute Gasteiger partial charge is 0.449 e. The standard InChI is InChI=1S/C13H14N2O2/c16-13(15-9-4-1-2-5-9)12-8-10-11(17-12)6-3-7-14-10/h3,6-9H,1-2,4-5H2,(H,15,16). The van der Waals surface area contributed by atoms with Crippen molar-refractivity contribution in [3.63, 3.8) is 0 Å². The number of nitrogens with zero attached hydrogens (tertiary/aromatic N) is 1. The van der Waals surface area contributed by atoms with Crippen LogP contribution in [0.1, 0.15) is 36.2 Å². The summed E-state index contributed by atoms with van der Waals surface area (Å²) in [6, 6.07) is 5.61. The molecule has 0 bridgehead atoms. The molecule has 2 aromatic heterocycles. The molecular formula is C13H14N2O2. The van der Waals surface area contributed by atoms with E-state index < -0.39 is 0 Å². The first-order valence-electron chi connectivity index (χ1n) is 5.98. The molecular weight excluding hydrogens is 216 g/mol. The molecule has 1 fully saturated rings. The highest BCUT2D eigenvalue weighted by molar-refractivity contribution is 5.95. The van der Waals surface area contributed by atoms with Gasteiger partial charge in [-0.2, -0.15) is 0 Å². The molecule has 4 nitrogen and oxygen atoms in total. The van der Waals surface area contributed by atoms with Gasteiger partial charge in [0.05, 0.1) is 0 Å². The molecule has 1 aliphatic rings. The van der Waals surface area contributed by atoms with Crippen LogP contribution in [0.5, 0.6) is 0 Å². The summed E-state index contributed by atoms with van der Waals surface area (Å²) in [6.45, 7) is 0. The number of hydrogen-bond acceptors (Lipinski definition) is 3. The summed E-state index contributed by atoms with van der Waals surface area (Å²) < 4.78 is 5.47. The lowest BCUT2D eigenvalue weighted by atomic mass is 10.2. The van der Waals surface area contributed by atoms with Crippen LogP contribution in [0, 0.1) is 0 Å². The maximum absolute atomic E-state index is 11.9. The van der Waals surface area contributed by atoms with Crippen LogP contribution in [0.3, 0.4) is 0 Å². The fourth-order valence-corrected chi connectivity index (χ4v) is 2.31. The summed E-state index contributed by atoms with van der Waals surface area (Å²) in [6.07, 6.45) is 6.24. The van der Waals surface area contributed by atoms with Gasteiger partial charge in [0, 0.05) is 18.3 Å². The molecule has 17 heavy (non-hydrogen) atoms. The normalized spacial score (nSPS) is 16.5. The van der Waals surface area contributed by atoms with Crippen molar-refractivity contribution < 1.29 is 9.21 Å². The highest BCUT2D eigenvalue weighted by atomic mass is 16.3. The lowest BCUT2D eigenvalue weighted by Gasteiger charge is -2.09. The molecule has 2 heterocycles. The Balaban J connectivity index is 1.80. The van der Waals surface area contributed by atoms with Gasteiger partial charge in [0.25, 0.3) is 5.91 Å². The summed E-state index contributed by atoms with van der Waals surface area (Å²) in [5.74, 6) is 0.223. The van der Waals surface area contributed by atoms with Crippen molar-refractivity contribution in [1.29, 1.82) is 0 Å². The van der Waals surface area contributed by atoms with E-state index in [-0.39, 0.29) is 5.91 Å². The van der Waals surface area contributed by atoms with Gasteiger partial charge in [-0.05, 0) is 25.0 Å². The van der Waals surface area contributed by atoms with Crippen molar-refractivity contribution in [2.75, 3.05) is 0 Å². The fourth-order valence-electron chi connectivity index (χ4n) is 2.31. The average molecular weight is 230 g/mol. The van der Waals surface area contributed by atoms with Crippen LogP contribution in [0.15, 0.2) is 28.8 Å². The average Bonchev–Trinajstić information content (AvgIpc) is 2.96. The van der Waals surface area contributed by atoms with E-state index in [9.17, 15) is 4.79 Å². The van der Waals surface area contributed by atoms with Crippen LogP contribution in [0.2, 0.25) is 0 Å². The van der Waals surface area contributed by atoms with Crippen molar-refractivity contribution in [3.05, 3.63) is 30.2 Å². The Morgan fingerprint density at radius 1 is 1.41 bits per heavy atom. The molecule has 0 unspecified atom stereocenters. The van der Waals surface area contributed by atoms with Gasteiger partial charge in [-0.3, -0.25) is 9.78 Å². The van der Waals surface area contributed by atoms with Gasteiger partial charge < -0.3 is 9.73 Å². The molecule has 1 saturated carbocycles. The second kappa shape index (κ2) is 4.20. The molecule has 0 atom stereocenters. The van der Waals surface area contributed by atoms with E-state index in [0.717, 1.165) is 18.4 Å². The lowest BCUT2D eigenvalue weighted by molar-refractivity contribution is 0.0912. The quantitative estimate of drug-likeness (QED) is 0.862. The molecule has 1 aliphatic carbocycles. The third kappa shape index (κ3) is 2.02. The molecule has 2 aromatic rings. The number of fused-ring (bicyclic) bond motifs is 1. The maximum Gasteiger partial charge on any atom is 0.287 e. The van der Waals surface area contributed by atoms with Crippen molar-refractivity contribution in [2.24, 2.45) is 0 Å². The van der Waals surface area contributed by atoms with Crippen molar-refractivity contribution in [2.45, 2.75) is 31.7 Å².